The summed E-state index contributed by atoms with van der Waals surface area (Å²) in [5, 5.41) is 2.34. The highest BCUT2D eigenvalue weighted by atomic mass is 79.9. The molecule has 4 heteroatoms. The van der Waals surface area contributed by atoms with Gasteiger partial charge in [0.1, 0.15) is 11.8 Å². The minimum Gasteiger partial charge on any atom is -0.461 e. The number of rotatable bonds is 3. The van der Waals surface area contributed by atoms with Gasteiger partial charge in [0.05, 0.1) is 5.52 Å². The summed E-state index contributed by atoms with van der Waals surface area (Å²) in [7, 11) is 0. The number of hydrogen-bond acceptors (Lipinski definition) is 2. The number of benzene rings is 3. The van der Waals surface area contributed by atoms with Gasteiger partial charge in [-0.2, -0.15) is 0 Å². The molecular weight excluding hydrogens is 406 g/mol. The van der Waals surface area contributed by atoms with Gasteiger partial charge in [-0.15, -0.1) is 0 Å². The Morgan fingerprint density at radius 1 is 0.769 bits per heavy atom. The van der Waals surface area contributed by atoms with Crippen LogP contribution in [0.4, 0.5) is 0 Å². The molecule has 0 aliphatic heterocycles. The molecule has 0 radical (unpaired) electrons. The molecule has 0 atom stereocenters. The molecule has 0 N–H and O–H groups in total. The first-order valence-corrected chi connectivity index (χ1v) is 9.88. The molecule has 2 heterocycles. The van der Waals surface area contributed by atoms with Crippen molar-refractivity contribution in [2.75, 3.05) is 0 Å². The number of furan rings is 1. The molecule has 5 rings (SSSR count). The Labute approximate surface area is 163 Å². The van der Waals surface area contributed by atoms with Crippen LogP contribution in [0.25, 0.3) is 33.1 Å². The Balaban J connectivity index is 1.82. The van der Waals surface area contributed by atoms with E-state index < -0.39 is 0 Å². The van der Waals surface area contributed by atoms with E-state index >= 15 is 0 Å². The molecule has 0 saturated carbocycles. The number of nitrogens with zero attached hydrogens (tertiary/aromatic N) is 1. The van der Waals surface area contributed by atoms with Gasteiger partial charge in [0.2, 0.25) is 0 Å². The SMILES string of the molecule is Brc1ccccc1Sn1c2ccccc2c2coc(-c3ccccc3)c21. The molecule has 0 fully saturated rings. The van der Waals surface area contributed by atoms with Gasteiger partial charge in [-0.05, 0) is 46.1 Å². The number of aromatic nitrogens is 1. The van der Waals surface area contributed by atoms with Crippen molar-refractivity contribution in [1.82, 2.24) is 3.97 Å². The quantitative estimate of drug-likeness (QED) is 0.303. The molecule has 5 aromatic rings. The standard InChI is InChI=1S/C22H14BrNOS/c23-18-11-5-7-13-20(18)26-24-19-12-6-4-10-16(19)17-14-25-22(21(17)24)15-8-2-1-3-9-15/h1-14H. The highest BCUT2D eigenvalue weighted by Gasteiger charge is 2.19. The lowest BCUT2D eigenvalue weighted by Gasteiger charge is -2.09. The van der Waals surface area contributed by atoms with Crippen LogP contribution < -0.4 is 0 Å². The Kier molecular flexibility index (Phi) is 3.88. The maximum Gasteiger partial charge on any atom is 0.159 e. The molecule has 126 valence electrons. The average Bonchev–Trinajstić information content (AvgIpc) is 3.24. The minimum atomic E-state index is 0.899. The summed E-state index contributed by atoms with van der Waals surface area (Å²) in [6.07, 6.45) is 1.87. The van der Waals surface area contributed by atoms with Gasteiger partial charge in [0.25, 0.3) is 0 Å². The van der Waals surface area contributed by atoms with Crippen LogP contribution in [0.15, 0.2) is 98.9 Å². The largest absolute Gasteiger partial charge is 0.461 e. The van der Waals surface area contributed by atoms with Crippen molar-refractivity contribution in [3.63, 3.8) is 0 Å². The molecule has 0 amide bonds. The summed E-state index contributed by atoms with van der Waals surface area (Å²) in [6, 6.07) is 27.0. The summed E-state index contributed by atoms with van der Waals surface area (Å²) < 4.78 is 9.37. The number of para-hydroxylation sites is 1. The molecule has 0 aliphatic rings. The fourth-order valence-corrected chi connectivity index (χ4v) is 4.77. The summed E-state index contributed by atoms with van der Waals surface area (Å²) >= 11 is 5.37. The molecule has 0 unspecified atom stereocenters. The van der Waals surface area contributed by atoms with E-state index in [0.717, 1.165) is 31.6 Å². The molecule has 2 nitrogen and oxygen atoms in total. The van der Waals surface area contributed by atoms with Crippen molar-refractivity contribution < 1.29 is 4.42 Å². The lowest BCUT2D eigenvalue weighted by atomic mass is 10.1. The molecule has 0 saturated heterocycles. The third-order valence-corrected chi connectivity index (χ3v) is 6.51. The maximum atomic E-state index is 6.01. The first-order chi connectivity index (χ1) is 12.8. The maximum absolute atomic E-state index is 6.01. The highest BCUT2D eigenvalue weighted by Crippen LogP contribution is 2.42. The summed E-state index contributed by atoms with van der Waals surface area (Å²) in [6.45, 7) is 0. The second kappa shape index (κ2) is 6.38. The van der Waals surface area contributed by atoms with E-state index in [9.17, 15) is 0 Å². The molecule has 0 spiro atoms. The second-order valence-corrected chi connectivity index (χ2v) is 7.87. The summed E-state index contributed by atoms with van der Waals surface area (Å²) in [4.78, 5) is 1.16. The van der Waals surface area contributed by atoms with Crippen molar-refractivity contribution >= 4 is 49.7 Å². The van der Waals surface area contributed by atoms with Crippen molar-refractivity contribution in [2.24, 2.45) is 0 Å². The van der Waals surface area contributed by atoms with E-state index in [2.05, 4.69) is 74.5 Å². The van der Waals surface area contributed by atoms with Gasteiger partial charge >= 0.3 is 0 Å². The zero-order valence-corrected chi connectivity index (χ0v) is 16.1. The Morgan fingerprint density at radius 3 is 2.35 bits per heavy atom. The Morgan fingerprint density at radius 2 is 1.50 bits per heavy atom. The van der Waals surface area contributed by atoms with E-state index in [0.29, 0.717) is 0 Å². The van der Waals surface area contributed by atoms with Crippen LogP contribution in [0.1, 0.15) is 0 Å². The van der Waals surface area contributed by atoms with Crippen LogP contribution in [0, 0.1) is 0 Å². The van der Waals surface area contributed by atoms with Crippen LogP contribution in [0.3, 0.4) is 0 Å². The van der Waals surface area contributed by atoms with Crippen molar-refractivity contribution in [1.29, 1.82) is 0 Å². The minimum absolute atomic E-state index is 0.899. The van der Waals surface area contributed by atoms with Crippen LogP contribution in [-0.4, -0.2) is 3.97 Å². The van der Waals surface area contributed by atoms with Crippen LogP contribution in [-0.2, 0) is 0 Å². The Hall–Kier alpha value is -2.43. The fourth-order valence-electron chi connectivity index (χ4n) is 3.25. The van der Waals surface area contributed by atoms with Crippen LogP contribution in [0.2, 0.25) is 0 Å². The average molecular weight is 420 g/mol. The van der Waals surface area contributed by atoms with E-state index in [4.69, 9.17) is 4.42 Å². The van der Waals surface area contributed by atoms with Gasteiger partial charge < -0.3 is 4.42 Å². The van der Waals surface area contributed by atoms with Crippen molar-refractivity contribution in [3.05, 3.63) is 89.6 Å². The van der Waals surface area contributed by atoms with E-state index in [1.165, 1.54) is 10.9 Å². The predicted octanol–water partition coefficient (Wildman–Crippen LogP) is 7.37. The summed E-state index contributed by atoms with van der Waals surface area (Å²) in [5.74, 6) is 0.899. The number of halogens is 1. The van der Waals surface area contributed by atoms with Crippen molar-refractivity contribution in [2.45, 2.75) is 4.90 Å². The van der Waals surface area contributed by atoms with E-state index in [-0.39, 0.29) is 0 Å². The van der Waals surface area contributed by atoms with Gasteiger partial charge in [0, 0.05) is 25.7 Å². The van der Waals surface area contributed by atoms with Gasteiger partial charge in [-0.1, -0.05) is 60.7 Å². The van der Waals surface area contributed by atoms with Gasteiger partial charge in [-0.25, -0.2) is 0 Å². The topological polar surface area (TPSA) is 18.1 Å². The highest BCUT2D eigenvalue weighted by molar-refractivity contribution is 9.10. The van der Waals surface area contributed by atoms with Crippen LogP contribution in [0.5, 0.6) is 0 Å². The molecule has 0 bridgehead atoms. The molecule has 0 aliphatic carbocycles. The molecular formula is C22H14BrNOS. The van der Waals surface area contributed by atoms with Gasteiger partial charge in [0.15, 0.2) is 5.76 Å². The van der Waals surface area contributed by atoms with Crippen LogP contribution >= 0.6 is 27.9 Å². The smallest absolute Gasteiger partial charge is 0.159 e. The third-order valence-electron chi connectivity index (χ3n) is 4.44. The zero-order chi connectivity index (χ0) is 17.5. The lowest BCUT2D eigenvalue weighted by Crippen LogP contribution is -1.88. The summed E-state index contributed by atoms with van der Waals surface area (Å²) in [5.41, 5.74) is 3.38. The second-order valence-electron chi connectivity index (χ2n) is 6.03. The number of fused-ring (bicyclic) bond motifs is 3. The lowest BCUT2D eigenvalue weighted by molar-refractivity contribution is 0.586. The molecule has 2 aromatic heterocycles. The fraction of sp³-hybridized carbons (Fsp3) is 0. The molecule has 3 aromatic carbocycles. The predicted molar refractivity (Wildman–Crippen MR) is 113 cm³/mol. The van der Waals surface area contributed by atoms with Gasteiger partial charge in [-0.3, -0.25) is 3.97 Å². The Bertz CT molecular complexity index is 1220. The van der Waals surface area contributed by atoms with E-state index in [1.807, 2.05) is 30.5 Å². The van der Waals surface area contributed by atoms with Crippen molar-refractivity contribution in [3.8, 4) is 11.3 Å². The normalized spacial score (nSPS) is 11.4. The molecule has 26 heavy (non-hydrogen) atoms. The first-order valence-electron chi connectivity index (χ1n) is 8.32. The third kappa shape index (κ3) is 2.49. The monoisotopic (exact) mass is 419 g/mol. The zero-order valence-electron chi connectivity index (χ0n) is 13.7. The number of hydrogen-bond donors (Lipinski definition) is 0. The first kappa shape index (κ1) is 15.8. The van der Waals surface area contributed by atoms with E-state index in [1.54, 1.807) is 11.9 Å².